The van der Waals surface area contributed by atoms with Gasteiger partial charge in [0, 0.05) is 51.3 Å². The Bertz CT molecular complexity index is 451. The van der Waals surface area contributed by atoms with Gasteiger partial charge in [-0.25, -0.2) is 0 Å². The fourth-order valence-electron chi connectivity index (χ4n) is 5.12. The van der Waals surface area contributed by atoms with Gasteiger partial charge in [0.2, 0.25) is 0 Å². The monoisotopic (exact) mass is 364 g/mol. The number of hydrogen-bond donors (Lipinski definition) is 1. The molecule has 3 fully saturated rings. The highest BCUT2D eigenvalue weighted by atomic mass is 16.5. The summed E-state index contributed by atoms with van der Waals surface area (Å²) in [5.41, 5.74) is 0.401. The zero-order valence-corrected chi connectivity index (χ0v) is 17.3. The molecule has 0 aromatic rings. The second-order valence-corrected chi connectivity index (χ2v) is 9.12. The first-order valence-electron chi connectivity index (χ1n) is 10.9. The standard InChI is InChI=1S/C21H40N4O/c1-4-22-20(25-11-7-21(16-25)8-12-26-17-21)23-9-5-6-10-24-14-18(2)13-19(3)15-24/h18-19H,4-17H2,1-3H3,(H,22,23). The maximum atomic E-state index is 5.66. The molecular weight excluding hydrogens is 324 g/mol. The second-order valence-electron chi connectivity index (χ2n) is 9.12. The molecule has 1 spiro atoms. The Kier molecular flexibility index (Phi) is 7.21. The molecule has 0 bridgehead atoms. The number of likely N-dealkylation sites (tertiary alicyclic amines) is 2. The van der Waals surface area contributed by atoms with Gasteiger partial charge in [-0.2, -0.15) is 0 Å². The van der Waals surface area contributed by atoms with Crippen molar-refractivity contribution in [3.05, 3.63) is 0 Å². The quantitative estimate of drug-likeness (QED) is 0.447. The number of piperidine rings is 1. The van der Waals surface area contributed by atoms with Crippen LogP contribution in [0.5, 0.6) is 0 Å². The largest absolute Gasteiger partial charge is 0.381 e. The van der Waals surface area contributed by atoms with E-state index < -0.39 is 0 Å². The van der Waals surface area contributed by atoms with Gasteiger partial charge in [0.1, 0.15) is 0 Å². The van der Waals surface area contributed by atoms with Crippen LogP contribution in [0.1, 0.15) is 52.9 Å². The second kappa shape index (κ2) is 9.41. The first-order valence-corrected chi connectivity index (χ1v) is 10.9. The lowest BCUT2D eigenvalue weighted by Gasteiger charge is -2.34. The summed E-state index contributed by atoms with van der Waals surface area (Å²) < 4.78 is 5.66. The van der Waals surface area contributed by atoms with Crippen LogP contribution in [0.4, 0.5) is 0 Å². The van der Waals surface area contributed by atoms with Gasteiger partial charge < -0.3 is 19.9 Å². The minimum absolute atomic E-state index is 0.401. The Hall–Kier alpha value is -0.810. The van der Waals surface area contributed by atoms with Gasteiger partial charge >= 0.3 is 0 Å². The Balaban J connectivity index is 1.40. The van der Waals surface area contributed by atoms with Crippen LogP contribution >= 0.6 is 0 Å². The van der Waals surface area contributed by atoms with Gasteiger partial charge in [-0.05, 0) is 57.4 Å². The maximum Gasteiger partial charge on any atom is 0.193 e. The number of ether oxygens (including phenoxy) is 1. The SMILES string of the molecule is CCNC(=NCCCCN1CC(C)CC(C)C1)N1CCC2(CCOC2)C1. The minimum Gasteiger partial charge on any atom is -0.381 e. The van der Waals surface area contributed by atoms with Crippen molar-refractivity contribution in [3.8, 4) is 0 Å². The van der Waals surface area contributed by atoms with Crippen LogP contribution in [-0.4, -0.2) is 74.8 Å². The molecule has 3 rings (SSSR count). The highest BCUT2D eigenvalue weighted by Gasteiger charge is 2.42. The molecule has 3 unspecified atom stereocenters. The lowest BCUT2D eigenvalue weighted by Crippen LogP contribution is -2.41. The number of aliphatic imine (C=N–C) groups is 1. The van der Waals surface area contributed by atoms with Gasteiger partial charge in [0.15, 0.2) is 5.96 Å². The molecule has 5 heteroatoms. The van der Waals surface area contributed by atoms with E-state index in [9.17, 15) is 0 Å². The lowest BCUT2D eigenvalue weighted by atomic mass is 9.87. The van der Waals surface area contributed by atoms with Crippen molar-refractivity contribution in [1.82, 2.24) is 15.1 Å². The molecule has 0 saturated carbocycles. The van der Waals surface area contributed by atoms with E-state index in [4.69, 9.17) is 9.73 Å². The van der Waals surface area contributed by atoms with E-state index in [-0.39, 0.29) is 0 Å². The van der Waals surface area contributed by atoms with Gasteiger partial charge in [-0.1, -0.05) is 13.8 Å². The Morgan fingerprint density at radius 1 is 1.19 bits per heavy atom. The normalized spacial score (nSPS) is 33.3. The predicted octanol–water partition coefficient (Wildman–Crippen LogP) is 2.82. The molecule has 3 atom stereocenters. The number of nitrogens with one attached hydrogen (secondary N) is 1. The summed E-state index contributed by atoms with van der Waals surface area (Å²) in [7, 11) is 0. The van der Waals surface area contributed by atoms with Crippen molar-refractivity contribution >= 4 is 5.96 Å². The van der Waals surface area contributed by atoms with E-state index in [0.29, 0.717) is 5.41 Å². The predicted molar refractivity (Wildman–Crippen MR) is 109 cm³/mol. The smallest absolute Gasteiger partial charge is 0.193 e. The van der Waals surface area contributed by atoms with Gasteiger partial charge in [-0.3, -0.25) is 4.99 Å². The Morgan fingerprint density at radius 3 is 2.69 bits per heavy atom. The van der Waals surface area contributed by atoms with E-state index in [1.165, 1.54) is 51.7 Å². The molecule has 3 aliphatic rings. The molecule has 0 aromatic carbocycles. The molecule has 1 N–H and O–H groups in total. The summed E-state index contributed by atoms with van der Waals surface area (Å²) >= 11 is 0. The van der Waals surface area contributed by atoms with E-state index >= 15 is 0 Å². The van der Waals surface area contributed by atoms with Gasteiger partial charge in [-0.15, -0.1) is 0 Å². The van der Waals surface area contributed by atoms with Crippen LogP contribution in [0.3, 0.4) is 0 Å². The first kappa shape index (κ1) is 19.9. The average Bonchev–Trinajstić information content (AvgIpc) is 3.23. The minimum atomic E-state index is 0.401. The van der Waals surface area contributed by atoms with E-state index in [2.05, 4.69) is 35.9 Å². The van der Waals surface area contributed by atoms with Gasteiger partial charge in [0.05, 0.1) is 6.61 Å². The molecule has 5 nitrogen and oxygen atoms in total. The van der Waals surface area contributed by atoms with Crippen LogP contribution in [-0.2, 0) is 4.74 Å². The van der Waals surface area contributed by atoms with Crippen molar-refractivity contribution in [1.29, 1.82) is 0 Å². The summed E-state index contributed by atoms with van der Waals surface area (Å²) in [4.78, 5) is 10.1. The third-order valence-electron chi connectivity index (χ3n) is 6.35. The van der Waals surface area contributed by atoms with E-state index in [0.717, 1.165) is 57.2 Å². The molecule has 150 valence electrons. The van der Waals surface area contributed by atoms with Crippen LogP contribution in [0.2, 0.25) is 0 Å². The molecule has 3 aliphatic heterocycles. The third kappa shape index (κ3) is 5.35. The van der Waals surface area contributed by atoms with Crippen molar-refractivity contribution in [2.45, 2.75) is 52.9 Å². The number of hydrogen-bond acceptors (Lipinski definition) is 3. The van der Waals surface area contributed by atoms with Crippen LogP contribution < -0.4 is 5.32 Å². The van der Waals surface area contributed by atoms with Crippen LogP contribution in [0.25, 0.3) is 0 Å². The van der Waals surface area contributed by atoms with Crippen molar-refractivity contribution in [2.75, 3.05) is 59.0 Å². The fraction of sp³-hybridized carbons (Fsp3) is 0.952. The number of rotatable bonds is 6. The highest BCUT2D eigenvalue weighted by molar-refractivity contribution is 5.80. The summed E-state index contributed by atoms with van der Waals surface area (Å²) in [6.07, 6.45) is 6.32. The maximum absolute atomic E-state index is 5.66. The van der Waals surface area contributed by atoms with Crippen LogP contribution in [0, 0.1) is 17.3 Å². The molecule has 0 radical (unpaired) electrons. The topological polar surface area (TPSA) is 40.1 Å². The molecule has 3 heterocycles. The van der Waals surface area contributed by atoms with Crippen molar-refractivity contribution < 1.29 is 4.74 Å². The molecule has 0 aromatic heterocycles. The number of nitrogens with zero attached hydrogens (tertiary/aromatic N) is 3. The molecule has 3 saturated heterocycles. The molecule has 0 amide bonds. The summed E-state index contributed by atoms with van der Waals surface area (Å²) in [5, 5.41) is 3.51. The van der Waals surface area contributed by atoms with E-state index in [1.807, 2.05) is 0 Å². The van der Waals surface area contributed by atoms with Gasteiger partial charge in [0.25, 0.3) is 0 Å². The number of guanidine groups is 1. The molecule has 26 heavy (non-hydrogen) atoms. The Morgan fingerprint density at radius 2 is 2.00 bits per heavy atom. The summed E-state index contributed by atoms with van der Waals surface area (Å²) in [6, 6.07) is 0. The fourth-order valence-corrected chi connectivity index (χ4v) is 5.12. The molecule has 0 aliphatic carbocycles. The highest BCUT2D eigenvalue weighted by Crippen LogP contribution is 2.38. The van der Waals surface area contributed by atoms with Crippen LogP contribution in [0.15, 0.2) is 4.99 Å². The van der Waals surface area contributed by atoms with Crippen molar-refractivity contribution in [2.24, 2.45) is 22.2 Å². The zero-order chi connectivity index (χ0) is 18.4. The summed E-state index contributed by atoms with van der Waals surface area (Å²) in [6.45, 7) is 16.8. The molecular formula is C21H40N4O. The average molecular weight is 365 g/mol. The zero-order valence-electron chi connectivity index (χ0n) is 17.3. The Labute approximate surface area is 160 Å². The summed E-state index contributed by atoms with van der Waals surface area (Å²) in [5.74, 6) is 2.84. The van der Waals surface area contributed by atoms with E-state index in [1.54, 1.807) is 0 Å². The lowest BCUT2D eigenvalue weighted by molar-refractivity contribution is 0.139. The third-order valence-corrected chi connectivity index (χ3v) is 6.35. The first-order chi connectivity index (χ1) is 12.6. The van der Waals surface area contributed by atoms with Crippen molar-refractivity contribution in [3.63, 3.8) is 0 Å². The number of unbranched alkanes of at least 4 members (excludes halogenated alkanes) is 1.